The summed E-state index contributed by atoms with van der Waals surface area (Å²) in [5.41, 5.74) is 6.91. The van der Waals surface area contributed by atoms with Crippen LogP contribution in [0, 0.1) is 12.7 Å². The second-order valence-corrected chi connectivity index (χ2v) is 5.46. The molecule has 2 N–H and O–H groups in total. The summed E-state index contributed by atoms with van der Waals surface area (Å²) in [4.78, 5) is 23.2. The van der Waals surface area contributed by atoms with Gasteiger partial charge in [0, 0.05) is 10.6 Å². The first-order chi connectivity index (χ1) is 10.8. The molecule has 0 saturated carbocycles. The van der Waals surface area contributed by atoms with Gasteiger partial charge in [-0.1, -0.05) is 17.7 Å². The zero-order valence-corrected chi connectivity index (χ0v) is 13.6. The first-order valence-corrected chi connectivity index (χ1v) is 7.13. The van der Waals surface area contributed by atoms with E-state index in [4.69, 9.17) is 22.1 Å². The molecule has 0 aliphatic rings. The van der Waals surface area contributed by atoms with Gasteiger partial charge in [0.1, 0.15) is 11.6 Å². The number of primary amides is 1. The molecule has 1 amide bonds. The zero-order valence-electron chi connectivity index (χ0n) is 12.9. The van der Waals surface area contributed by atoms with Gasteiger partial charge in [-0.2, -0.15) is 0 Å². The predicted molar refractivity (Wildman–Crippen MR) is 86.7 cm³/mol. The summed E-state index contributed by atoms with van der Waals surface area (Å²) < 4.78 is 19.1. The van der Waals surface area contributed by atoms with Crippen molar-refractivity contribution >= 4 is 23.3 Å². The smallest absolute Gasteiger partial charge is 0.251 e. The monoisotopic (exact) mass is 335 g/mol. The van der Waals surface area contributed by atoms with E-state index in [2.05, 4.69) is 0 Å². The lowest BCUT2D eigenvalue weighted by atomic mass is 9.93. The Bertz CT molecular complexity index is 818. The molecule has 0 aliphatic carbocycles. The second-order valence-electron chi connectivity index (χ2n) is 5.05. The molecular formula is C17H15ClFNO3. The SMILES string of the molecule is COc1c(C(C)=O)cc(Cl)c(C)c1-c1ccc(F)c(C(N)=O)c1. The van der Waals surface area contributed by atoms with Crippen molar-refractivity contribution in [1.82, 2.24) is 0 Å². The molecule has 2 aromatic rings. The van der Waals surface area contributed by atoms with Crippen molar-refractivity contribution in [3.05, 3.63) is 51.8 Å². The van der Waals surface area contributed by atoms with Crippen LogP contribution in [0.15, 0.2) is 24.3 Å². The lowest BCUT2D eigenvalue weighted by molar-refractivity contribution is 0.0992. The third-order valence-electron chi connectivity index (χ3n) is 3.58. The van der Waals surface area contributed by atoms with Gasteiger partial charge in [0.15, 0.2) is 5.78 Å². The Morgan fingerprint density at radius 3 is 2.39 bits per heavy atom. The van der Waals surface area contributed by atoms with Crippen LogP contribution in [0.5, 0.6) is 5.75 Å². The van der Waals surface area contributed by atoms with Crippen LogP contribution >= 0.6 is 11.6 Å². The first-order valence-electron chi connectivity index (χ1n) is 6.75. The molecule has 0 bridgehead atoms. The third kappa shape index (κ3) is 3.05. The largest absolute Gasteiger partial charge is 0.495 e. The van der Waals surface area contributed by atoms with Crippen molar-refractivity contribution in [2.45, 2.75) is 13.8 Å². The fourth-order valence-electron chi connectivity index (χ4n) is 2.42. The number of ketones is 1. The number of ether oxygens (including phenoxy) is 1. The Hall–Kier alpha value is -2.40. The highest BCUT2D eigenvalue weighted by molar-refractivity contribution is 6.32. The van der Waals surface area contributed by atoms with Gasteiger partial charge in [-0.25, -0.2) is 4.39 Å². The number of benzene rings is 2. The van der Waals surface area contributed by atoms with Crippen LogP contribution in [0.2, 0.25) is 5.02 Å². The van der Waals surface area contributed by atoms with E-state index < -0.39 is 11.7 Å². The number of hydrogen-bond acceptors (Lipinski definition) is 3. The molecule has 0 radical (unpaired) electrons. The number of halogens is 2. The maximum absolute atomic E-state index is 13.7. The first kappa shape index (κ1) is 17.0. The molecule has 0 heterocycles. The van der Waals surface area contributed by atoms with E-state index in [0.717, 1.165) is 6.07 Å². The lowest BCUT2D eigenvalue weighted by Gasteiger charge is -2.17. The summed E-state index contributed by atoms with van der Waals surface area (Å²) in [6, 6.07) is 5.47. The third-order valence-corrected chi connectivity index (χ3v) is 3.97. The number of nitrogens with two attached hydrogens (primary N) is 1. The molecule has 0 spiro atoms. The van der Waals surface area contributed by atoms with Gasteiger partial charge in [-0.15, -0.1) is 0 Å². The molecule has 6 heteroatoms. The van der Waals surface area contributed by atoms with E-state index in [1.807, 2.05) is 0 Å². The average Bonchev–Trinajstić information content (AvgIpc) is 2.49. The fraction of sp³-hybridized carbons (Fsp3) is 0.176. The van der Waals surface area contributed by atoms with E-state index in [9.17, 15) is 14.0 Å². The van der Waals surface area contributed by atoms with Gasteiger partial charge in [-0.3, -0.25) is 9.59 Å². The highest BCUT2D eigenvalue weighted by Crippen LogP contribution is 2.40. The van der Waals surface area contributed by atoms with Gasteiger partial charge in [-0.05, 0) is 43.2 Å². The van der Waals surface area contributed by atoms with E-state index in [1.165, 1.54) is 32.2 Å². The minimum atomic E-state index is -0.880. The summed E-state index contributed by atoms with van der Waals surface area (Å²) in [6.45, 7) is 3.14. The number of methoxy groups -OCH3 is 1. The summed E-state index contributed by atoms with van der Waals surface area (Å²) in [6.07, 6.45) is 0. The molecule has 0 aromatic heterocycles. The van der Waals surface area contributed by atoms with Crippen LogP contribution in [-0.4, -0.2) is 18.8 Å². The number of carbonyl (C=O) groups excluding carboxylic acids is 2. The molecule has 0 aliphatic heterocycles. The molecule has 23 heavy (non-hydrogen) atoms. The zero-order chi connectivity index (χ0) is 17.3. The average molecular weight is 336 g/mol. The number of amides is 1. The van der Waals surface area contributed by atoms with Crippen LogP contribution in [0.25, 0.3) is 11.1 Å². The molecule has 120 valence electrons. The van der Waals surface area contributed by atoms with Crippen molar-refractivity contribution in [3.8, 4) is 16.9 Å². The number of carbonyl (C=O) groups is 2. The highest BCUT2D eigenvalue weighted by atomic mass is 35.5. The summed E-state index contributed by atoms with van der Waals surface area (Å²) >= 11 is 6.20. The Morgan fingerprint density at radius 2 is 1.87 bits per heavy atom. The van der Waals surface area contributed by atoms with Crippen molar-refractivity contribution in [3.63, 3.8) is 0 Å². The fourth-order valence-corrected chi connectivity index (χ4v) is 2.62. The van der Waals surface area contributed by atoms with Crippen LogP contribution in [0.3, 0.4) is 0 Å². The van der Waals surface area contributed by atoms with E-state index >= 15 is 0 Å². The standard InChI is InChI=1S/C17H15ClFNO3/c1-8-13(18)7-11(9(2)21)16(23-3)15(8)10-4-5-14(19)12(6-10)17(20)22/h4-7H,1-3H3,(H2,20,22). The van der Waals surface area contributed by atoms with Crippen molar-refractivity contribution in [1.29, 1.82) is 0 Å². The molecule has 2 rings (SSSR count). The minimum absolute atomic E-state index is 0.220. The van der Waals surface area contributed by atoms with Crippen LogP contribution in [0.1, 0.15) is 33.2 Å². The minimum Gasteiger partial charge on any atom is -0.495 e. The Labute approximate surface area is 138 Å². The maximum Gasteiger partial charge on any atom is 0.251 e. The summed E-state index contributed by atoms with van der Waals surface area (Å²) in [5.74, 6) is -1.50. The van der Waals surface area contributed by atoms with Crippen LogP contribution in [-0.2, 0) is 0 Å². The topological polar surface area (TPSA) is 69.4 Å². The molecule has 0 fully saturated rings. The number of rotatable bonds is 4. The van der Waals surface area contributed by atoms with Gasteiger partial charge < -0.3 is 10.5 Å². The number of hydrogen-bond donors (Lipinski definition) is 1. The van der Waals surface area contributed by atoms with E-state index in [1.54, 1.807) is 6.92 Å². The molecule has 0 atom stereocenters. The van der Waals surface area contributed by atoms with E-state index in [0.29, 0.717) is 33.0 Å². The maximum atomic E-state index is 13.7. The highest BCUT2D eigenvalue weighted by Gasteiger charge is 2.21. The molecule has 2 aromatic carbocycles. The van der Waals surface area contributed by atoms with Gasteiger partial charge in [0.25, 0.3) is 5.91 Å². The predicted octanol–water partition coefficient (Wildman–Crippen LogP) is 3.76. The molecular weight excluding hydrogens is 321 g/mol. The van der Waals surface area contributed by atoms with Gasteiger partial charge >= 0.3 is 0 Å². The van der Waals surface area contributed by atoms with Gasteiger partial charge in [0.05, 0.1) is 18.2 Å². The molecule has 4 nitrogen and oxygen atoms in total. The molecule has 0 saturated heterocycles. The summed E-state index contributed by atoms with van der Waals surface area (Å²) in [5, 5.41) is 0.371. The Morgan fingerprint density at radius 1 is 1.22 bits per heavy atom. The van der Waals surface area contributed by atoms with Crippen LogP contribution in [0.4, 0.5) is 4.39 Å². The van der Waals surface area contributed by atoms with Crippen molar-refractivity contribution < 1.29 is 18.7 Å². The van der Waals surface area contributed by atoms with Crippen LogP contribution < -0.4 is 10.5 Å². The Balaban J connectivity index is 2.84. The Kier molecular flexibility index (Phi) is 4.71. The number of Topliss-reactive ketones (excluding diaryl/α,β-unsaturated/α-hetero) is 1. The van der Waals surface area contributed by atoms with Crippen molar-refractivity contribution in [2.75, 3.05) is 7.11 Å². The second kappa shape index (κ2) is 6.38. The summed E-state index contributed by atoms with van der Waals surface area (Å²) in [7, 11) is 1.43. The van der Waals surface area contributed by atoms with E-state index in [-0.39, 0.29) is 11.3 Å². The van der Waals surface area contributed by atoms with Crippen molar-refractivity contribution in [2.24, 2.45) is 5.73 Å². The normalized spacial score (nSPS) is 10.5. The molecule has 0 unspecified atom stereocenters. The van der Waals surface area contributed by atoms with Gasteiger partial charge in [0.2, 0.25) is 0 Å². The lowest BCUT2D eigenvalue weighted by Crippen LogP contribution is -2.13. The quantitative estimate of drug-likeness (QED) is 0.865.